The Kier molecular flexibility index (Phi) is 11.4. The largest absolute Gasteiger partial charge is 0.462 e. The molecule has 6 rings (SSSR count). The molecule has 0 bridgehead atoms. The zero-order valence-electron chi connectivity index (χ0n) is 34.9. The Hall–Kier alpha value is -2.38. The number of likely N-dealkylation sites (N-methyl/N-ethyl adjacent to an activating group) is 1. The average Bonchev–Trinajstić information content (AvgIpc) is 3.40. The van der Waals surface area contributed by atoms with Crippen LogP contribution in [0.5, 0.6) is 0 Å². The van der Waals surface area contributed by atoms with Crippen molar-refractivity contribution >= 4 is 18.0 Å². The van der Waals surface area contributed by atoms with E-state index in [1.807, 2.05) is 26.1 Å². The molecule has 7 heteroatoms. The molecule has 4 saturated carbocycles. The summed E-state index contributed by atoms with van der Waals surface area (Å²) in [6.07, 6.45) is 13.6. The Bertz CT molecular complexity index is 1550. The summed E-state index contributed by atoms with van der Waals surface area (Å²) < 4.78 is 6.24. The number of pyridine rings is 1. The van der Waals surface area contributed by atoms with Gasteiger partial charge in [-0.1, -0.05) is 67.0 Å². The van der Waals surface area contributed by atoms with Gasteiger partial charge in [0.25, 0.3) is 0 Å². The first-order valence-electron chi connectivity index (χ1n) is 21.1. The summed E-state index contributed by atoms with van der Waals surface area (Å²) in [5.41, 5.74) is 3.44. The van der Waals surface area contributed by atoms with Gasteiger partial charge in [-0.25, -0.2) is 0 Å². The molecular weight excluding hydrogens is 659 g/mol. The predicted molar refractivity (Wildman–Crippen MR) is 212 cm³/mol. The number of esters is 1. The number of carbonyl (C=O) groups is 3. The van der Waals surface area contributed by atoms with Gasteiger partial charge in [0.1, 0.15) is 12.4 Å². The van der Waals surface area contributed by atoms with Crippen molar-refractivity contribution in [1.82, 2.24) is 14.8 Å². The first kappa shape index (κ1) is 40.3. The van der Waals surface area contributed by atoms with Gasteiger partial charge in [0.2, 0.25) is 0 Å². The van der Waals surface area contributed by atoms with Crippen molar-refractivity contribution in [3.63, 3.8) is 0 Å². The van der Waals surface area contributed by atoms with Crippen molar-refractivity contribution in [3.05, 3.63) is 41.2 Å². The minimum Gasteiger partial charge on any atom is -0.462 e. The lowest BCUT2D eigenvalue weighted by Crippen LogP contribution is -2.63. The second kappa shape index (κ2) is 14.9. The van der Waals surface area contributed by atoms with Crippen LogP contribution in [-0.2, 0) is 25.7 Å². The summed E-state index contributed by atoms with van der Waals surface area (Å²) in [4.78, 5) is 48.3. The highest BCUT2D eigenvalue weighted by molar-refractivity contribution is 6.00. The van der Waals surface area contributed by atoms with Crippen LogP contribution in [0.4, 0.5) is 0 Å². The summed E-state index contributed by atoms with van der Waals surface area (Å²) in [6.45, 7) is 21.9. The van der Waals surface area contributed by atoms with Crippen LogP contribution in [0.2, 0.25) is 0 Å². The molecule has 7 nitrogen and oxygen atoms in total. The molecule has 1 aromatic heterocycles. The number of nitrogens with zero attached hydrogens (tertiary/aromatic N) is 3. The van der Waals surface area contributed by atoms with E-state index in [0.717, 1.165) is 70.3 Å². The molecule has 0 N–H and O–H groups in total. The van der Waals surface area contributed by atoms with Crippen LogP contribution in [0.3, 0.4) is 0 Å². The standard InChI is InChI=1S/C46H71N3O4/c1-31(2)40-35(51)27-46(22-24-49(26-25-48(9)10)29-32-13-11-12-23-47-32)21-16-34-33(41(40)46)14-15-37-44(34,7)19-17-36-43(5,6)38(18-20-45(36,37)8)53-39(52)28-42(3,4)30-50/h11-13,23,30-31,33-34,36-38H,14-22,24-29H2,1-10H3. The number of ether oxygens (including phenoxy) is 1. The molecule has 0 radical (unpaired) electrons. The maximum atomic E-state index is 14.1. The van der Waals surface area contributed by atoms with E-state index in [1.54, 1.807) is 5.57 Å². The van der Waals surface area contributed by atoms with E-state index in [1.165, 1.54) is 31.3 Å². The molecule has 8 atom stereocenters. The Morgan fingerprint density at radius 3 is 2.36 bits per heavy atom. The highest BCUT2D eigenvalue weighted by Gasteiger charge is 2.66. The van der Waals surface area contributed by atoms with Crippen LogP contribution < -0.4 is 0 Å². The van der Waals surface area contributed by atoms with Crippen molar-refractivity contribution in [3.8, 4) is 0 Å². The Balaban J connectivity index is 1.24. The molecular formula is C46H71N3O4. The second-order valence-electron chi connectivity index (χ2n) is 20.6. The highest BCUT2D eigenvalue weighted by Crippen LogP contribution is 2.73. The van der Waals surface area contributed by atoms with E-state index >= 15 is 0 Å². The Morgan fingerprint density at radius 1 is 0.962 bits per heavy atom. The van der Waals surface area contributed by atoms with Crippen molar-refractivity contribution < 1.29 is 19.1 Å². The SMILES string of the molecule is CC(C)C1=C2C3CCC4C(C)(CCC5C(C)(C)C(OC(=O)CC(C)(C)C=O)CCC54C)C3CCC2(CCN(CCN(C)C)Cc2ccccn2)CC1=O. The van der Waals surface area contributed by atoms with Gasteiger partial charge in [-0.2, -0.15) is 0 Å². The van der Waals surface area contributed by atoms with Gasteiger partial charge in [-0.15, -0.1) is 0 Å². The van der Waals surface area contributed by atoms with Crippen LogP contribution in [0, 0.1) is 56.7 Å². The van der Waals surface area contributed by atoms with Crippen LogP contribution in [0.15, 0.2) is 35.5 Å². The highest BCUT2D eigenvalue weighted by atomic mass is 16.5. The van der Waals surface area contributed by atoms with Gasteiger partial charge in [0.15, 0.2) is 5.78 Å². The maximum Gasteiger partial charge on any atom is 0.307 e. The normalized spacial score (nSPS) is 35.2. The van der Waals surface area contributed by atoms with Crippen molar-refractivity contribution in [2.24, 2.45) is 56.7 Å². The average molecular weight is 730 g/mol. The maximum absolute atomic E-state index is 14.1. The molecule has 0 amide bonds. The van der Waals surface area contributed by atoms with Crippen molar-refractivity contribution in [2.75, 3.05) is 33.7 Å². The molecule has 0 spiro atoms. The fourth-order valence-corrected chi connectivity index (χ4v) is 13.2. The lowest BCUT2D eigenvalue weighted by atomic mass is 9.36. The smallest absolute Gasteiger partial charge is 0.307 e. The van der Waals surface area contributed by atoms with Crippen molar-refractivity contribution in [1.29, 1.82) is 0 Å². The van der Waals surface area contributed by atoms with Crippen molar-refractivity contribution in [2.45, 2.75) is 139 Å². The third-order valence-electron chi connectivity index (χ3n) is 15.7. The van der Waals surface area contributed by atoms with Gasteiger partial charge in [0, 0.05) is 48.5 Å². The predicted octanol–water partition coefficient (Wildman–Crippen LogP) is 8.95. The molecule has 0 aromatic carbocycles. The summed E-state index contributed by atoms with van der Waals surface area (Å²) in [5.74, 6) is 2.63. The van der Waals surface area contributed by atoms with E-state index in [-0.39, 0.29) is 46.1 Å². The van der Waals surface area contributed by atoms with E-state index in [2.05, 4.69) is 82.6 Å². The summed E-state index contributed by atoms with van der Waals surface area (Å²) in [5, 5.41) is 0. The molecule has 0 saturated heterocycles. The van der Waals surface area contributed by atoms with Gasteiger partial charge in [-0.05, 0) is 137 Å². The Morgan fingerprint density at radius 2 is 1.70 bits per heavy atom. The molecule has 4 fully saturated rings. The van der Waals surface area contributed by atoms with Crippen LogP contribution in [0.1, 0.15) is 132 Å². The molecule has 1 heterocycles. The lowest BCUT2D eigenvalue weighted by Gasteiger charge is -2.69. The fourth-order valence-electron chi connectivity index (χ4n) is 13.2. The fraction of sp³-hybridized carbons (Fsp3) is 0.783. The first-order valence-corrected chi connectivity index (χ1v) is 21.1. The van der Waals surface area contributed by atoms with E-state index in [9.17, 15) is 14.4 Å². The van der Waals surface area contributed by atoms with Gasteiger partial charge < -0.3 is 14.4 Å². The number of fused-ring (bicyclic) bond motifs is 7. The summed E-state index contributed by atoms with van der Waals surface area (Å²) in [6, 6.07) is 6.21. The van der Waals surface area contributed by atoms with E-state index in [0.29, 0.717) is 35.9 Å². The number of hydrogen-bond acceptors (Lipinski definition) is 7. The van der Waals surface area contributed by atoms with Crippen LogP contribution in [-0.4, -0.2) is 72.7 Å². The van der Waals surface area contributed by atoms with Crippen LogP contribution in [0.25, 0.3) is 0 Å². The molecule has 1 aromatic rings. The molecule has 294 valence electrons. The molecule has 5 aliphatic carbocycles. The number of Topliss-reactive ketones (excluding diaryl/α,β-unsaturated/α-hetero) is 1. The van der Waals surface area contributed by atoms with Gasteiger partial charge in [-0.3, -0.25) is 19.5 Å². The topological polar surface area (TPSA) is 79.8 Å². The third kappa shape index (κ3) is 7.48. The zero-order chi connectivity index (χ0) is 38.6. The minimum atomic E-state index is -0.701. The number of allylic oxidation sites excluding steroid dienone is 2. The second-order valence-corrected chi connectivity index (χ2v) is 20.6. The van der Waals surface area contributed by atoms with Crippen LogP contribution >= 0.6 is 0 Å². The quantitative estimate of drug-likeness (QED) is 0.148. The number of hydrogen-bond donors (Lipinski definition) is 0. The molecule has 5 aliphatic rings. The number of rotatable bonds is 13. The first-order chi connectivity index (χ1) is 24.9. The van der Waals surface area contributed by atoms with E-state index in [4.69, 9.17) is 4.74 Å². The third-order valence-corrected chi connectivity index (χ3v) is 15.7. The summed E-state index contributed by atoms with van der Waals surface area (Å²) in [7, 11) is 4.30. The molecule has 0 aliphatic heterocycles. The van der Waals surface area contributed by atoms with E-state index < -0.39 is 5.41 Å². The molecule has 8 unspecified atom stereocenters. The van der Waals surface area contributed by atoms with Gasteiger partial charge >= 0.3 is 5.97 Å². The monoisotopic (exact) mass is 730 g/mol. The number of aldehydes is 1. The number of carbonyl (C=O) groups excluding carboxylic acids is 3. The summed E-state index contributed by atoms with van der Waals surface area (Å²) >= 11 is 0. The molecule has 53 heavy (non-hydrogen) atoms. The number of aromatic nitrogens is 1. The minimum absolute atomic E-state index is 0.0228. The lowest BCUT2D eigenvalue weighted by molar-refractivity contribution is -0.213. The zero-order valence-corrected chi connectivity index (χ0v) is 34.9. The van der Waals surface area contributed by atoms with Gasteiger partial charge in [0.05, 0.1) is 12.1 Å². The number of ketones is 1. The Labute approximate surface area is 321 Å².